The summed E-state index contributed by atoms with van der Waals surface area (Å²) in [5, 5.41) is 19.2. The van der Waals surface area contributed by atoms with Gasteiger partial charge in [-0.2, -0.15) is 0 Å². The first-order valence-electron chi connectivity index (χ1n) is 12.8. The molecular weight excluding hydrogens is 382 g/mol. The summed E-state index contributed by atoms with van der Waals surface area (Å²) < 4.78 is 0. The van der Waals surface area contributed by atoms with Gasteiger partial charge in [-0.1, -0.05) is 103 Å². The van der Waals surface area contributed by atoms with Gasteiger partial charge in [0.05, 0.1) is 6.54 Å². The van der Waals surface area contributed by atoms with E-state index >= 15 is 0 Å². The SMILES string of the molecule is CCCCCCCCCCCCCCCCCCC[NH+](CC(C)O)CC(C)O.[Cl-]. The van der Waals surface area contributed by atoms with Crippen molar-refractivity contribution in [2.75, 3.05) is 19.6 Å². The normalized spacial score (nSPS) is 14.4. The molecule has 4 heteroatoms. The van der Waals surface area contributed by atoms with E-state index in [2.05, 4.69) is 6.92 Å². The summed E-state index contributed by atoms with van der Waals surface area (Å²) in [6, 6.07) is 0. The lowest BCUT2D eigenvalue weighted by Gasteiger charge is -2.22. The number of hydrogen-bond acceptors (Lipinski definition) is 2. The van der Waals surface area contributed by atoms with Gasteiger partial charge in [-0.25, -0.2) is 0 Å². The Morgan fingerprint density at radius 1 is 0.517 bits per heavy atom. The molecule has 0 rings (SSSR count). The van der Waals surface area contributed by atoms with Crippen molar-refractivity contribution in [3.8, 4) is 0 Å². The van der Waals surface area contributed by atoms with Gasteiger partial charge in [0.15, 0.2) is 0 Å². The van der Waals surface area contributed by atoms with Crippen molar-refractivity contribution < 1.29 is 27.5 Å². The van der Waals surface area contributed by atoms with Gasteiger partial charge in [-0.05, 0) is 26.7 Å². The number of nitrogens with one attached hydrogen (secondary N) is 1. The Kier molecular flexibility index (Phi) is 26.4. The highest BCUT2D eigenvalue weighted by atomic mass is 35.5. The molecule has 3 N–H and O–H groups in total. The topological polar surface area (TPSA) is 44.9 Å². The van der Waals surface area contributed by atoms with E-state index in [4.69, 9.17) is 0 Å². The van der Waals surface area contributed by atoms with E-state index in [1.807, 2.05) is 13.8 Å². The van der Waals surface area contributed by atoms with Gasteiger partial charge in [-0.15, -0.1) is 0 Å². The summed E-state index contributed by atoms with van der Waals surface area (Å²) in [7, 11) is 0. The largest absolute Gasteiger partial charge is 1.00 e. The second-order valence-corrected chi connectivity index (χ2v) is 9.26. The molecule has 0 aliphatic carbocycles. The summed E-state index contributed by atoms with van der Waals surface area (Å²) in [5.74, 6) is 0. The predicted molar refractivity (Wildman–Crippen MR) is 123 cm³/mol. The fourth-order valence-corrected chi connectivity index (χ4v) is 4.22. The highest BCUT2D eigenvalue weighted by Crippen LogP contribution is 2.13. The van der Waals surface area contributed by atoms with Crippen molar-refractivity contribution in [2.24, 2.45) is 0 Å². The zero-order valence-electron chi connectivity index (χ0n) is 20.1. The Bertz CT molecular complexity index is 291. The number of unbranched alkanes of at least 4 members (excludes halogenated alkanes) is 16. The lowest BCUT2D eigenvalue weighted by atomic mass is 10.0. The van der Waals surface area contributed by atoms with Crippen LogP contribution in [-0.2, 0) is 0 Å². The van der Waals surface area contributed by atoms with Crippen molar-refractivity contribution in [3.05, 3.63) is 0 Å². The third-order valence-electron chi connectivity index (χ3n) is 5.80. The second kappa shape index (κ2) is 24.4. The van der Waals surface area contributed by atoms with Gasteiger partial charge < -0.3 is 27.5 Å². The highest BCUT2D eigenvalue weighted by Gasteiger charge is 2.13. The van der Waals surface area contributed by atoms with Crippen molar-refractivity contribution in [1.29, 1.82) is 0 Å². The summed E-state index contributed by atoms with van der Waals surface area (Å²) in [5.41, 5.74) is 0. The zero-order valence-corrected chi connectivity index (χ0v) is 20.8. The molecular formula is C25H54ClNO2. The molecule has 0 aliphatic heterocycles. The summed E-state index contributed by atoms with van der Waals surface area (Å²) in [6.07, 6.45) is 23.3. The van der Waals surface area contributed by atoms with E-state index in [0.717, 1.165) is 19.6 Å². The van der Waals surface area contributed by atoms with Gasteiger partial charge in [0, 0.05) is 0 Å². The van der Waals surface area contributed by atoms with E-state index < -0.39 is 0 Å². The second-order valence-electron chi connectivity index (χ2n) is 9.26. The zero-order chi connectivity index (χ0) is 20.9. The maximum absolute atomic E-state index is 9.58. The van der Waals surface area contributed by atoms with Crippen LogP contribution in [0.25, 0.3) is 0 Å². The molecule has 178 valence electrons. The first kappa shape index (κ1) is 31.4. The molecule has 0 radical (unpaired) electrons. The van der Waals surface area contributed by atoms with E-state index in [-0.39, 0.29) is 24.6 Å². The van der Waals surface area contributed by atoms with Gasteiger partial charge in [0.2, 0.25) is 0 Å². The van der Waals surface area contributed by atoms with Gasteiger partial charge >= 0.3 is 0 Å². The molecule has 0 aromatic heterocycles. The lowest BCUT2D eigenvalue weighted by molar-refractivity contribution is -0.906. The Morgan fingerprint density at radius 3 is 1.07 bits per heavy atom. The van der Waals surface area contributed by atoms with E-state index in [1.54, 1.807) is 0 Å². The van der Waals surface area contributed by atoms with E-state index in [9.17, 15) is 10.2 Å². The molecule has 0 aromatic rings. The van der Waals surface area contributed by atoms with Crippen molar-refractivity contribution in [2.45, 2.75) is 142 Å². The molecule has 0 fully saturated rings. The number of rotatable bonds is 22. The number of aliphatic hydroxyl groups is 2. The number of hydrogen-bond donors (Lipinski definition) is 3. The van der Waals surface area contributed by atoms with Crippen LogP contribution < -0.4 is 17.3 Å². The molecule has 2 unspecified atom stereocenters. The van der Waals surface area contributed by atoms with Crippen LogP contribution in [-0.4, -0.2) is 42.1 Å². The molecule has 0 aromatic carbocycles. The third-order valence-corrected chi connectivity index (χ3v) is 5.80. The van der Waals surface area contributed by atoms with Crippen molar-refractivity contribution in [3.63, 3.8) is 0 Å². The van der Waals surface area contributed by atoms with Crippen LogP contribution in [0.15, 0.2) is 0 Å². The molecule has 0 saturated carbocycles. The van der Waals surface area contributed by atoms with Crippen LogP contribution >= 0.6 is 0 Å². The molecule has 2 atom stereocenters. The molecule has 0 heterocycles. The van der Waals surface area contributed by atoms with Crippen LogP contribution in [0, 0.1) is 0 Å². The van der Waals surface area contributed by atoms with E-state index in [0.29, 0.717) is 0 Å². The van der Waals surface area contributed by atoms with Crippen LogP contribution in [0.2, 0.25) is 0 Å². The third kappa shape index (κ3) is 26.1. The number of quaternary nitrogens is 1. The first-order chi connectivity index (χ1) is 13.6. The highest BCUT2D eigenvalue weighted by molar-refractivity contribution is 4.51. The maximum atomic E-state index is 9.58. The molecule has 29 heavy (non-hydrogen) atoms. The quantitative estimate of drug-likeness (QED) is 0.228. The summed E-state index contributed by atoms with van der Waals surface area (Å²) in [6.45, 7) is 8.56. The summed E-state index contributed by atoms with van der Waals surface area (Å²) >= 11 is 0. The average molecular weight is 436 g/mol. The lowest BCUT2D eigenvalue weighted by Crippen LogP contribution is -3.14. The number of aliphatic hydroxyl groups excluding tert-OH is 2. The monoisotopic (exact) mass is 435 g/mol. The van der Waals surface area contributed by atoms with Gasteiger partial charge in [0.25, 0.3) is 0 Å². The molecule has 0 amide bonds. The summed E-state index contributed by atoms with van der Waals surface area (Å²) in [4.78, 5) is 1.34. The Labute approximate surface area is 189 Å². The van der Waals surface area contributed by atoms with Crippen molar-refractivity contribution >= 4 is 0 Å². The van der Waals surface area contributed by atoms with Gasteiger partial charge in [-0.3, -0.25) is 0 Å². The minimum absolute atomic E-state index is 0. The minimum Gasteiger partial charge on any atom is -1.00 e. The van der Waals surface area contributed by atoms with Crippen molar-refractivity contribution in [1.82, 2.24) is 0 Å². The van der Waals surface area contributed by atoms with Crippen LogP contribution in [0.5, 0.6) is 0 Å². The fraction of sp³-hybridized carbons (Fsp3) is 1.00. The molecule has 3 nitrogen and oxygen atoms in total. The standard InChI is InChI=1S/C25H53NO2.ClH/c1-4-5-6-7-8-9-10-11-12-13-14-15-16-17-18-19-20-21-26(22-24(2)27)23-25(3)28;/h24-25,27-28H,4-23H2,1-3H3;1H. The van der Waals surface area contributed by atoms with E-state index in [1.165, 1.54) is 114 Å². The van der Waals surface area contributed by atoms with Gasteiger partial charge in [0.1, 0.15) is 25.3 Å². The van der Waals surface area contributed by atoms with Crippen LogP contribution in [0.1, 0.15) is 130 Å². The van der Waals surface area contributed by atoms with Crippen LogP contribution in [0.4, 0.5) is 0 Å². The fourth-order valence-electron chi connectivity index (χ4n) is 4.22. The molecule has 0 bridgehead atoms. The Balaban J connectivity index is 0. The predicted octanol–water partition coefficient (Wildman–Crippen LogP) is 2.29. The first-order valence-corrected chi connectivity index (χ1v) is 12.8. The molecule has 0 spiro atoms. The number of halogens is 1. The smallest absolute Gasteiger partial charge is 0.103 e. The maximum Gasteiger partial charge on any atom is 0.103 e. The Hall–Kier alpha value is 0.170. The molecule has 0 aliphatic rings. The Morgan fingerprint density at radius 2 is 0.793 bits per heavy atom. The molecule has 0 saturated heterocycles. The van der Waals surface area contributed by atoms with Crippen LogP contribution in [0.3, 0.4) is 0 Å². The average Bonchev–Trinajstić information content (AvgIpc) is 2.63. The minimum atomic E-state index is -0.278.